The van der Waals surface area contributed by atoms with E-state index in [1.807, 2.05) is 41.3 Å². The van der Waals surface area contributed by atoms with Crippen molar-refractivity contribution in [3.8, 4) is 6.07 Å². The minimum Gasteiger partial charge on any atom is -0.462 e. The average molecular weight is 423 g/mol. The Kier molecular flexibility index (Phi) is 8.02. The van der Waals surface area contributed by atoms with Crippen molar-refractivity contribution in [2.75, 3.05) is 32.8 Å². The third kappa shape index (κ3) is 6.30. The summed E-state index contributed by atoms with van der Waals surface area (Å²) in [6, 6.07) is 18.4. The van der Waals surface area contributed by atoms with Crippen LogP contribution in [0.1, 0.15) is 18.1 Å². The number of rotatable bonds is 8. The summed E-state index contributed by atoms with van der Waals surface area (Å²) in [5.41, 5.74) is 2.10. The normalized spacial score (nSPS) is 15.1. The van der Waals surface area contributed by atoms with Gasteiger partial charge in [0.25, 0.3) is 0 Å². The summed E-state index contributed by atoms with van der Waals surface area (Å²) >= 11 is 0. The van der Waals surface area contributed by atoms with Gasteiger partial charge in [-0.05, 0) is 30.2 Å². The number of hydrogen-bond donors (Lipinski definition) is 1. The number of carbonyl (C=O) groups excluding carboxylic acids is 1. The zero-order valence-corrected chi connectivity index (χ0v) is 17.7. The van der Waals surface area contributed by atoms with E-state index in [1.54, 1.807) is 19.1 Å². The van der Waals surface area contributed by atoms with Crippen molar-refractivity contribution in [3.05, 3.63) is 82.9 Å². The first-order valence-corrected chi connectivity index (χ1v) is 10.4. The predicted molar refractivity (Wildman–Crippen MR) is 116 cm³/mol. The summed E-state index contributed by atoms with van der Waals surface area (Å²) < 4.78 is 18.2. The van der Waals surface area contributed by atoms with Crippen molar-refractivity contribution < 1.29 is 13.9 Å². The average Bonchev–Trinajstić information content (AvgIpc) is 2.79. The molecule has 0 aromatic heterocycles. The highest BCUT2D eigenvalue weighted by atomic mass is 19.1. The first kappa shape index (κ1) is 22.3. The van der Waals surface area contributed by atoms with E-state index in [-0.39, 0.29) is 18.0 Å². The minimum atomic E-state index is -0.616. The highest BCUT2D eigenvalue weighted by molar-refractivity contribution is 5.93. The van der Waals surface area contributed by atoms with Gasteiger partial charge in [0.1, 0.15) is 17.7 Å². The smallest absolute Gasteiger partial charge is 0.352 e. The molecular formula is C24H27FN4O2. The molecule has 0 aliphatic carbocycles. The molecule has 0 amide bonds. The molecule has 1 heterocycles. The fourth-order valence-corrected chi connectivity index (χ4v) is 3.52. The van der Waals surface area contributed by atoms with Crippen LogP contribution in [0.4, 0.5) is 4.39 Å². The molecule has 3 rings (SSSR count). The maximum atomic E-state index is 13.1. The van der Waals surface area contributed by atoms with Gasteiger partial charge in [0.05, 0.1) is 6.61 Å². The van der Waals surface area contributed by atoms with E-state index in [4.69, 9.17) is 4.74 Å². The van der Waals surface area contributed by atoms with E-state index in [0.29, 0.717) is 25.5 Å². The number of halogens is 1. The number of ether oxygens (including phenoxy) is 1. The maximum absolute atomic E-state index is 13.1. The Balaban J connectivity index is 1.71. The molecule has 1 aliphatic rings. The molecule has 1 N–H and O–H groups in total. The standard InChI is InChI=1S/C24H27FN4O2/c1-2-31-24(30)22(16-26)23(27-17-19-6-4-3-5-7-19)29-14-12-28(13-15-29)18-20-8-10-21(25)11-9-20/h3-11,27H,2,12-15,17-18H2,1H3. The van der Waals surface area contributed by atoms with Gasteiger partial charge in [-0.25, -0.2) is 9.18 Å². The Morgan fingerprint density at radius 1 is 1.06 bits per heavy atom. The molecular weight excluding hydrogens is 395 g/mol. The second kappa shape index (κ2) is 11.1. The fourth-order valence-electron chi connectivity index (χ4n) is 3.52. The quantitative estimate of drug-likeness (QED) is 0.401. The second-order valence-corrected chi connectivity index (χ2v) is 7.28. The molecule has 0 spiro atoms. The molecule has 0 bridgehead atoms. The zero-order chi connectivity index (χ0) is 22.1. The molecule has 1 fully saturated rings. The van der Waals surface area contributed by atoms with Crippen LogP contribution < -0.4 is 5.32 Å². The van der Waals surface area contributed by atoms with Crippen LogP contribution in [-0.4, -0.2) is 48.6 Å². The van der Waals surface area contributed by atoms with Gasteiger partial charge in [-0.2, -0.15) is 5.26 Å². The Morgan fingerprint density at radius 3 is 2.35 bits per heavy atom. The van der Waals surface area contributed by atoms with Gasteiger partial charge < -0.3 is 15.0 Å². The van der Waals surface area contributed by atoms with Crippen LogP contribution in [0, 0.1) is 17.1 Å². The third-order valence-electron chi connectivity index (χ3n) is 5.14. The van der Waals surface area contributed by atoms with Crippen molar-refractivity contribution in [1.29, 1.82) is 5.26 Å². The Morgan fingerprint density at radius 2 is 1.74 bits per heavy atom. The summed E-state index contributed by atoms with van der Waals surface area (Å²) in [6.07, 6.45) is 0. The number of nitrogens with zero attached hydrogens (tertiary/aromatic N) is 3. The Labute approximate surface area is 182 Å². The lowest BCUT2D eigenvalue weighted by Crippen LogP contribution is -2.48. The molecule has 2 aromatic carbocycles. The minimum absolute atomic E-state index is 0.00948. The molecule has 31 heavy (non-hydrogen) atoms. The van der Waals surface area contributed by atoms with Gasteiger partial charge in [-0.15, -0.1) is 0 Å². The number of carbonyl (C=O) groups is 1. The van der Waals surface area contributed by atoms with Gasteiger partial charge in [-0.1, -0.05) is 42.5 Å². The predicted octanol–water partition coefficient (Wildman–Crippen LogP) is 3.03. The lowest BCUT2D eigenvalue weighted by Gasteiger charge is -2.37. The van der Waals surface area contributed by atoms with Crippen LogP contribution in [0.15, 0.2) is 66.0 Å². The van der Waals surface area contributed by atoms with E-state index in [9.17, 15) is 14.4 Å². The SMILES string of the molecule is CCOC(=O)C(C#N)=C(NCc1ccccc1)N1CCN(Cc2ccc(F)cc2)CC1. The molecule has 2 aromatic rings. The van der Waals surface area contributed by atoms with Crippen molar-refractivity contribution in [1.82, 2.24) is 15.1 Å². The second-order valence-electron chi connectivity index (χ2n) is 7.28. The summed E-state index contributed by atoms with van der Waals surface area (Å²) in [4.78, 5) is 16.7. The highest BCUT2D eigenvalue weighted by Gasteiger charge is 2.25. The fraction of sp³-hybridized carbons (Fsp3) is 0.333. The van der Waals surface area contributed by atoms with Crippen LogP contribution >= 0.6 is 0 Å². The van der Waals surface area contributed by atoms with E-state index in [1.165, 1.54) is 12.1 Å². The van der Waals surface area contributed by atoms with Gasteiger partial charge in [-0.3, -0.25) is 4.90 Å². The number of nitrogens with one attached hydrogen (secondary N) is 1. The van der Waals surface area contributed by atoms with Crippen LogP contribution in [0.2, 0.25) is 0 Å². The summed E-state index contributed by atoms with van der Waals surface area (Å²) in [5, 5.41) is 13.0. The molecule has 1 saturated heterocycles. The van der Waals surface area contributed by atoms with Crippen LogP contribution in [-0.2, 0) is 22.6 Å². The topological polar surface area (TPSA) is 68.6 Å². The van der Waals surface area contributed by atoms with E-state index in [2.05, 4.69) is 10.2 Å². The van der Waals surface area contributed by atoms with Crippen molar-refractivity contribution in [2.24, 2.45) is 0 Å². The molecule has 0 saturated carbocycles. The van der Waals surface area contributed by atoms with Crippen LogP contribution in [0.25, 0.3) is 0 Å². The number of piperazine rings is 1. The molecule has 162 valence electrons. The number of nitriles is 1. The number of benzene rings is 2. The summed E-state index contributed by atoms with van der Waals surface area (Å²) in [5.74, 6) is -0.351. The van der Waals surface area contributed by atoms with Gasteiger partial charge in [0.15, 0.2) is 5.57 Å². The van der Waals surface area contributed by atoms with E-state index in [0.717, 1.165) is 30.8 Å². The third-order valence-corrected chi connectivity index (χ3v) is 5.14. The van der Waals surface area contributed by atoms with Gasteiger partial charge in [0.2, 0.25) is 0 Å². The maximum Gasteiger partial charge on any atom is 0.352 e. The molecule has 7 heteroatoms. The Bertz CT molecular complexity index is 930. The first-order valence-electron chi connectivity index (χ1n) is 10.4. The monoisotopic (exact) mass is 422 g/mol. The summed E-state index contributed by atoms with van der Waals surface area (Å²) in [7, 11) is 0. The molecule has 0 unspecified atom stereocenters. The molecule has 0 radical (unpaired) electrons. The van der Waals surface area contributed by atoms with E-state index < -0.39 is 5.97 Å². The zero-order valence-electron chi connectivity index (χ0n) is 17.7. The Hall–Kier alpha value is -3.37. The lowest BCUT2D eigenvalue weighted by molar-refractivity contribution is -0.138. The lowest BCUT2D eigenvalue weighted by atomic mass is 10.1. The molecule has 6 nitrogen and oxygen atoms in total. The number of esters is 1. The summed E-state index contributed by atoms with van der Waals surface area (Å²) in [6.45, 7) is 5.99. The van der Waals surface area contributed by atoms with Crippen molar-refractivity contribution >= 4 is 5.97 Å². The largest absolute Gasteiger partial charge is 0.462 e. The van der Waals surface area contributed by atoms with E-state index >= 15 is 0 Å². The molecule has 1 aliphatic heterocycles. The van der Waals surface area contributed by atoms with Crippen LogP contribution in [0.5, 0.6) is 0 Å². The first-order chi connectivity index (χ1) is 15.1. The van der Waals surface area contributed by atoms with Gasteiger partial charge in [0, 0.05) is 39.3 Å². The highest BCUT2D eigenvalue weighted by Crippen LogP contribution is 2.16. The van der Waals surface area contributed by atoms with Crippen LogP contribution in [0.3, 0.4) is 0 Å². The van der Waals surface area contributed by atoms with Crippen molar-refractivity contribution in [3.63, 3.8) is 0 Å². The van der Waals surface area contributed by atoms with Crippen molar-refractivity contribution in [2.45, 2.75) is 20.0 Å². The number of hydrogen-bond acceptors (Lipinski definition) is 6. The van der Waals surface area contributed by atoms with Gasteiger partial charge >= 0.3 is 5.97 Å². The molecule has 0 atom stereocenters.